The van der Waals surface area contributed by atoms with Crippen LogP contribution in [0.2, 0.25) is 0 Å². The minimum absolute atomic E-state index is 0.0104. The zero-order valence-electron chi connectivity index (χ0n) is 21.5. The van der Waals surface area contributed by atoms with E-state index in [-0.39, 0.29) is 29.1 Å². The number of hydrogen-bond acceptors (Lipinski definition) is 2. The highest BCUT2D eigenvalue weighted by Crippen LogP contribution is 2.66. The first-order valence-corrected chi connectivity index (χ1v) is 12.0. The Morgan fingerprint density at radius 1 is 1.21 bits per heavy atom. The SMILES string of the molecule is [2H]C([2H])(C)C#C[C@]1(O)CC[C@H]2[C@@H]3CCC4=CC(=O)CCC4=C3[C@@H](c3cc(F)c(C)c(F)c3)C[C@@]21C. The van der Waals surface area contributed by atoms with Gasteiger partial charge < -0.3 is 5.11 Å². The Hall–Kier alpha value is -2.25. The molecule has 0 unspecified atom stereocenters. The third-order valence-corrected chi connectivity index (χ3v) is 8.99. The fraction of sp³-hybridized carbons (Fsp3) is 0.552. The van der Waals surface area contributed by atoms with Gasteiger partial charge in [0.25, 0.3) is 0 Å². The summed E-state index contributed by atoms with van der Waals surface area (Å²) >= 11 is 0. The molecule has 4 aliphatic carbocycles. The van der Waals surface area contributed by atoms with Gasteiger partial charge in [-0.1, -0.05) is 25.3 Å². The molecule has 0 aromatic heterocycles. The Morgan fingerprint density at radius 2 is 1.94 bits per heavy atom. The number of aliphatic hydroxyl groups is 1. The first-order chi connectivity index (χ1) is 16.3. The fourth-order valence-electron chi connectivity index (χ4n) is 7.20. The summed E-state index contributed by atoms with van der Waals surface area (Å²) < 4.78 is 45.2. The summed E-state index contributed by atoms with van der Waals surface area (Å²) in [4.78, 5) is 12.2. The van der Waals surface area contributed by atoms with Crippen molar-refractivity contribution in [3.63, 3.8) is 0 Å². The van der Waals surface area contributed by atoms with Gasteiger partial charge >= 0.3 is 0 Å². The Bertz CT molecular complexity index is 1210. The third kappa shape index (κ3) is 3.35. The Labute approximate surface area is 198 Å². The predicted octanol–water partition coefficient (Wildman–Crippen LogP) is 6.32. The molecule has 0 amide bonds. The average molecular weight is 453 g/mol. The van der Waals surface area contributed by atoms with Crippen LogP contribution in [-0.2, 0) is 4.79 Å². The Balaban J connectivity index is 1.70. The van der Waals surface area contributed by atoms with Gasteiger partial charge in [0.1, 0.15) is 17.2 Å². The number of allylic oxidation sites excluding steroid dienone is 4. The number of ketones is 1. The highest BCUT2D eigenvalue weighted by molar-refractivity contribution is 5.93. The second-order valence-electron chi connectivity index (χ2n) is 10.5. The summed E-state index contributed by atoms with van der Waals surface area (Å²) in [6, 6.07) is 2.85. The van der Waals surface area contributed by atoms with Crippen molar-refractivity contribution in [2.75, 3.05) is 0 Å². The summed E-state index contributed by atoms with van der Waals surface area (Å²) in [6.07, 6.45) is 4.40. The van der Waals surface area contributed by atoms with Gasteiger partial charge in [-0.3, -0.25) is 4.79 Å². The van der Waals surface area contributed by atoms with Crippen LogP contribution in [0.1, 0.15) is 85.0 Å². The van der Waals surface area contributed by atoms with Crippen molar-refractivity contribution in [1.82, 2.24) is 0 Å². The topological polar surface area (TPSA) is 37.3 Å². The number of fused-ring (bicyclic) bond motifs is 4. The molecular formula is C29H32F2O2. The van der Waals surface area contributed by atoms with Gasteiger partial charge in [0.2, 0.25) is 0 Å². The molecule has 2 nitrogen and oxygen atoms in total. The van der Waals surface area contributed by atoms with Gasteiger partial charge in [0.05, 0.1) is 0 Å². The van der Waals surface area contributed by atoms with Crippen molar-refractivity contribution in [2.45, 2.75) is 83.6 Å². The lowest BCUT2D eigenvalue weighted by Gasteiger charge is -2.53. The van der Waals surface area contributed by atoms with Crippen molar-refractivity contribution < 1.29 is 21.4 Å². The Kier molecular flexibility index (Phi) is 4.83. The maximum absolute atomic E-state index is 14.7. The molecule has 2 saturated carbocycles. The third-order valence-electron chi connectivity index (χ3n) is 8.99. The highest BCUT2D eigenvalue weighted by Gasteiger charge is 2.62. The zero-order valence-corrected chi connectivity index (χ0v) is 19.5. The van der Waals surface area contributed by atoms with Crippen LogP contribution < -0.4 is 0 Å². The number of hydrogen-bond donors (Lipinski definition) is 1. The van der Waals surface area contributed by atoms with E-state index in [1.807, 2.05) is 6.92 Å². The van der Waals surface area contributed by atoms with E-state index in [0.29, 0.717) is 31.2 Å². The van der Waals surface area contributed by atoms with Crippen molar-refractivity contribution in [3.05, 3.63) is 57.7 Å². The van der Waals surface area contributed by atoms with Crippen molar-refractivity contribution >= 4 is 5.78 Å². The van der Waals surface area contributed by atoms with Gasteiger partial charge in [-0.05, 0) is 92.2 Å². The minimum atomic E-state index is -1.73. The van der Waals surface area contributed by atoms with Gasteiger partial charge in [-0.2, -0.15) is 0 Å². The first kappa shape index (κ1) is 20.2. The maximum atomic E-state index is 14.7. The number of rotatable bonds is 1. The number of halogens is 2. The maximum Gasteiger partial charge on any atom is 0.156 e. The monoisotopic (exact) mass is 452 g/mol. The van der Waals surface area contributed by atoms with Crippen molar-refractivity contribution in [2.24, 2.45) is 17.3 Å². The predicted molar refractivity (Wildman–Crippen MR) is 124 cm³/mol. The first-order valence-electron chi connectivity index (χ1n) is 13.0. The number of carbonyl (C=O) groups is 1. The Morgan fingerprint density at radius 3 is 2.64 bits per heavy atom. The van der Waals surface area contributed by atoms with Crippen molar-refractivity contribution in [1.29, 1.82) is 0 Å². The summed E-state index contributed by atoms with van der Waals surface area (Å²) in [5.74, 6) is 4.44. The molecule has 4 aliphatic rings. The molecule has 33 heavy (non-hydrogen) atoms. The molecule has 5 rings (SSSR count). The molecule has 0 spiro atoms. The molecule has 4 heteroatoms. The lowest BCUT2D eigenvalue weighted by Crippen LogP contribution is -2.51. The largest absolute Gasteiger partial charge is 0.377 e. The normalized spacial score (nSPS) is 36.6. The summed E-state index contributed by atoms with van der Waals surface area (Å²) in [5, 5.41) is 11.8. The fourth-order valence-corrected chi connectivity index (χ4v) is 7.20. The van der Waals surface area contributed by atoms with E-state index >= 15 is 0 Å². The van der Waals surface area contributed by atoms with E-state index in [9.17, 15) is 18.7 Å². The molecule has 0 aliphatic heterocycles. The summed E-state index contributed by atoms with van der Waals surface area (Å²) in [7, 11) is 0. The quantitative estimate of drug-likeness (QED) is 0.507. The summed E-state index contributed by atoms with van der Waals surface area (Å²) in [6.45, 7) is 4.83. The summed E-state index contributed by atoms with van der Waals surface area (Å²) in [5.41, 5.74) is 1.92. The van der Waals surface area contributed by atoms with E-state index < -0.39 is 29.0 Å². The molecule has 1 N–H and O–H groups in total. The smallest absolute Gasteiger partial charge is 0.156 e. The second kappa shape index (κ2) is 7.91. The molecule has 0 saturated heterocycles. The van der Waals surface area contributed by atoms with Gasteiger partial charge in [0.15, 0.2) is 5.78 Å². The van der Waals surface area contributed by atoms with Crippen LogP contribution in [0.5, 0.6) is 0 Å². The number of carbonyl (C=O) groups excluding carboxylic acids is 1. The zero-order chi connectivity index (χ0) is 25.3. The van der Waals surface area contributed by atoms with E-state index in [4.69, 9.17) is 2.74 Å². The molecule has 1 aromatic rings. The molecule has 174 valence electrons. The van der Waals surface area contributed by atoms with Gasteiger partial charge in [-0.25, -0.2) is 8.78 Å². The van der Waals surface area contributed by atoms with Crippen LogP contribution in [-0.4, -0.2) is 16.5 Å². The molecule has 0 radical (unpaired) electrons. The lowest BCUT2D eigenvalue weighted by molar-refractivity contribution is -0.114. The molecular weight excluding hydrogens is 418 g/mol. The molecule has 0 bridgehead atoms. The second-order valence-corrected chi connectivity index (χ2v) is 10.5. The van der Waals surface area contributed by atoms with Crippen LogP contribution in [0.4, 0.5) is 8.78 Å². The minimum Gasteiger partial charge on any atom is -0.377 e. The van der Waals surface area contributed by atoms with Crippen LogP contribution in [0, 0.1) is 47.6 Å². The standard InChI is InChI=1S/C29H32F2O2/c1-4-5-11-29(33)12-10-24-22-8-6-18-13-20(32)7-9-21(18)27(22)23(16-28(24,29)3)19-14-25(30)17(2)26(31)15-19/h13-15,22-24,33H,4,6-10,12,16H2,1-3H3/t22-,23+,24-,28-,29-/m0/s1/i4D2. The van der Waals surface area contributed by atoms with E-state index in [1.54, 1.807) is 6.08 Å². The molecule has 1 aromatic carbocycles. The van der Waals surface area contributed by atoms with E-state index in [0.717, 1.165) is 24.8 Å². The van der Waals surface area contributed by atoms with Crippen LogP contribution in [0.3, 0.4) is 0 Å². The number of benzene rings is 1. The van der Waals surface area contributed by atoms with Gasteiger partial charge in [0, 0.05) is 32.4 Å². The average Bonchev–Trinajstić information content (AvgIpc) is 3.05. The molecule has 0 heterocycles. The van der Waals surface area contributed by atoms with E-state index in [1.165, 1.54) is 37.1 Å². The molecule has 2 fully saturated rings. The van der Waals surface area contributed by atoms with Crippen LogP contribution in [0.25, 0.3) is 0 Å². The molecule has 5 atom stereocenters. The van der Waals surface area contributed by atoms with E-state index in [2.05, 4.69) is 11.8 Å². The van der Waals surface area contributed by atoms with Gasteiger partial charge in [-0.15, -0.1) is 5.92 Å². The van der Waals surface area contributed by atoms with Crippen LogP contribution in [0.15, 0.2) is 34.9 Å². The van der Waals surface area contributed by atoms with Crippen LogP contribution >= 0.6 is 0 Å². The lowest BCUT2D eigenvalue weighted by atomic mass is 9.51. The van der Waals surface area contributed by atoms with Crippen molar-refractivity contribution in [3.8, 4) is 11.8 Å². The highest BCUT2D eigenvalue weighted by atomic mass is 19.1.